The van der Waals surface area contributed by atoms with Crippen molar-refractivity contribution in [3.8, 4) is 6.07 Å². The standard InChI is InChI=1S/C28H31ClN4/c29-23-13-11-21(12-14-23)18-31-28-25(17-30)27(24-9-3-4-10-26(24)32-28)33-15-5-8-22(19-33)16-20-6-1-2-7-20/h3-4,9-14,20,22H,1-2,5-8,15-16,18-19H2,(H,31,32). The molecule has 1 aliphatic heterocycles. The van der Waals surface area contributed by atoms with Gasteiger partial charge in [-0.15, -0.1) is 0 Å². The van der Waals surface area contributed by atoms with E-state index in [1.165, 1.54) is 44.9 Å². The Kier molecular flexibility index (Phi) is 6.69. The Morgan fingerprint density at radius 1 is 1.00 bits per heavy atom. The van der Waals surface area contributed by atoms with Crippen LogP contribution in [0, 0.1) is 23.2 Å². The molecule has 0 spiro atoms. The molecule has 1 unspecified atom stereocenters. The maximum absolute atomic E-state index is 10.2. The first-order valence-corrected chi connectivity index (χ1v) is 12.6. The van der Waals surface area contributed by atoms with Crippen molar-refractivity contribution in [1.29, 1.82) is 5.26 Å². The Morgan fingerprint density at radius 2 is 1.76 bits per heavy atom. The van der Waals surface area contributed by atoms with Crippen molar-refractivity contribution >= 4 is 34.0 Å². The highest BCUT2D eigenvalue weighted by molar-refractivity contribution is 6.30. The number of anilines is 2. The molecule has 1 saturated carbocycles. The molecule has 1 saturated heterocycles. The number of nitrogens with one attached hydrogen (secondary N) is 1. The van der Waals surface area contributed by atoms with Gasteiger partial charge in [-0.2, -0.15) is 5.26 Å². The fourth-order valence-corrected chi connectivity index (χ4v) is 5.85. The molecule has 1 atom stereocenters. The molecule has 170 valence electrons. The van der Waals surface area contributed by atoms with Crippen molar-refractivity contribution in [2.24, 2.45) is 11.8 Å². The third-order valence-corrected chi connectivity index (χ3v) is 7.58. The van der Waals surface area contributed by atoms with Crippen LogP contribution in [-0.4, -0.2) is 18.1 Å². The van der Waals surface area contributed by atoms with E-state index in [-0.39, 0.29) is 0 Å². The van der Waals surface area contributed by atoms with E-state index in [0.717, 1.165) is 46.2 Å². The van der Waals surface area contributed by atoms with Crippen LogP contribution < -0.4 is 10.2 Å². The van der Waals surface area contributed by atoms with Gasteiger partial charge in [-0.3, -0.25) is 0 Å². The summed E-state index contributed by atoms with van der Waals surface area (Å²) in [6.07, 6.45) is 9.43. The lowest BCUT2D eigenvalue weighted by Gasteiger charge is -2.36. The molecule has 1 N–H and O–H groups in total. The number of para-hydroxylation sites is 1. The summed E-state index contributed by atoms with van der Waals surface area (Å²) >= 11 is 6.03. The third-order valence-electron chi connectivity index (χ3n) is 7.33. The quantitative estimate of drug-likeness (QED) is 0.425. The van der Waals surface area contributed by atoms with Gasteiger partial charge in [0.05, 0.1) is 11.2 Å². The highest BCUT2D eigenvalue weighted by Gasteiger charge is 2.28. The van der Waals surface area contributed by atoms with Crippen LogP contribution >= 0.6 is 11.6 Å². The lowest BCUT2D eigenvalue weighted by molar-refractivity contribution is 0.326. The summed E-state index contributed by atoms with van der Waals surface area (Å²) in [5.74, 6) is 2.28. The van der Waals surface area contributed by atoms with Crippen molar-refractivity contribution in [2.45, 2.75) is 51.5 Å². The highest BCUT2D eigenvalue weighted by atomic mass is 35.5. The van der Waals surface area contributed by atoms with Crippen LogP contribution in [0.2, 0.25) is 5.02 Å². The maximum Gasteiger partial charge on any atom is 0.147 e. The molecule has 0 amide bonds. The number of benzene rings is 2. The first kappa shape index (κ1) is 22.0. The van der Waals surface area contributed by atoms with Crippen molar-refractivity contribution in [2.75, 3.05) is 23.3 Å². The molecule has 2 aliphatic rings. The molecule has 0 radical (unpaired) electrons. The molecule has 1 aromatic heterocycles. The number of pyridine rings is 1. The van der Waals surface area contributed by atoms with Gasteiger partial charge in [0.25, 0.3) is 0 Å². The minimum atomic E-state index is 0.598. The zero-order valence-corrected chi connectivity index (χ0v) is 19.8. The van der Waals surface area contributed by atoms with Crippen LogP contribution in [0.3, 0.4) is 0 Å². The summed E-state index contributed by atoms with van der Waals surface area (Å²) in [6.45, 7) is 2.64. The Labute approximate surface area is 201 Å². The second-order valence-electron chi connectivity index (χ2n) is 9.63. The van der Waals surface area contributed by atoms with Crippen LogP contribution in [0.25, 0.3) is 10.9 Å². The van der Waals surface area contributed by atoms with Gasteiger partial charge in [-0.1, -0.05) is 67.6 Å². The zero-order valence-electron chi connectivity index (χ0n) is 19.1. The normalized spacial score (nSPS) is 19.0. The van der Waals surface area contributed by atoms with E-state index in [2.05, 4.69) is 28.4 Å². The topological polar surface area (TPSA) is 52.0 Å². The van der Waals surface area contributed by atoms with E-state index in [0.29, 0.717) is 23.8 Å². The zero-order chi connectivity index (χ0) is 22.6. The summed E-state index contributed by atoms with van der Waals surface area (Å²) in [7, 11) is 0. The number of fused-ring (bicyclic) bond motifs is 1. The number of nitriles is 1. The second-order valence-corrected chi connectivity index (χ2v) is 10.1. The predicted octanol–water partition coefficient (Wildman–Crippen LogP) is 7.17. The minimum Gasteiger partial charge on any atom is -0.370 e. The van der Waals surface area contributed by atoms with Crippen LogP contribution in [0.5, 0.6) is 0 Å². The van der Waals surface area contributed by atoms with Gasteiger partial charge < -0.3 is 10.2 Å². The Balaban J connectivity index is 1.46. The summed E-state index contributed by atoms with van der Waals surface area (Å²) in [5.41, 5.74) is 3.75. The summed E-state index contributed by atoms with van der Waals surface area (Å²) in [6, 6.07) is 18.5. The van der Waals surface area contributed by atoms with Gasteiger partial charge in [0.15, 0.2) is 0 Å². The number of nitrogens with zero attached hydrogens (tertiary/aromatic N) is 3. The van der Waals surface area contributed by atoms with Gasteiger partial charge in [-0.25, -0.2) is 4.98 Å². The lowest BCUT2D eigenvalue weighted by Crippen LogP contribution is -2.36. The van der Waals surface area contributed by atoms with E-state index in [4.69, 9.17) is 16.6 Å². The molecular weight excluding hydrogens is 428 g/mol. The van der Waals surface area contributed by atoms with Crippen molar-refractivity contribution in [3.63, 3.8) is 0 Å². The smallest absolute Gasteiger partial charge is 0.147 e. The molecule has 33 heavy (non-hydrogen) atoms. The molecule has 5 rings (SSSR count). The van der Waals surface area contributed by atoms with Gasteiger partial charge in [0.1, 0.15) is 17.5 Å². The number of rotatable bonds is 6. The second kappa shape index (κ2) is 10.0. The third kappa shape index (κ3) is 4.94. The predicted molar refractivity (Wildman–Crippen MR) is 137 cm³/mol. The molecular formula is C28H31ClN4. The summed E-state index contributed by atoms with van der Waals surface area (Å²) < 4.78 is 0. The first-order chi connectivity index (χ1) is 16.2. The molecule has 5 heteroatoms. The Bertz CT molecular complexity index is 1150. The van der Waals surface area contributed by atoms with Gasteiger partial charge in [-0.05, 0) is 54.9 Å². The summed E-state index contributed by atoms with van der Waals surface area (Å²) in [5, 5.41) is 15.5. The monoisotopic (exact) mass is 458 g/mol. The van der Waals surface area contributed by atoms with E-state index in [1.54, 1.807) is 0 Å². The number of piperidine rings is 1. The Morgan fingerprint density at radius 3 is 2.55 bits per heavy atom. The van der Waals surface area contributed by atoms with Gasteiger partial charge >= 0.3 is 0 Å². The number of aromatic nitrogens is 1. The number of halogens is 1. The van der Waals surface area contributed by atoms with Gasteiger partial charge in [0.2, 0.25) is 0 Å². The van der Waals surface area contributed by atoms with E-state index < -0.39 is 0 Å². The molecule has 1 aliphatic carbocycles. The summed E-state index contributed by atoms with van der Waals surface area (Å²) in [4.78, 5) is 7.32. The van der Waals surface area contributed by atoms with Crippen molar-refractivity contribution in [1.82, 2.24) is 4.98 Å². The van der Waals surface area contributed by atoms with Crippen LogP contribution in [0.15, 0.2) is 48.5 Å². The molecule has 2 aromatic carbocycles. The van der Waals surface area contributed by atoms with Crippen molar-refractivity contribution < 1.29 is 0 Å². The molecule has 2 fully saturated rings. The highest BCUT2D eigenvalue weighted by Crippen LogP contribution is 2.39. The van der Waals surface area contributed by atoms with E-state index >= 15 is 0 Å². The average Bonchev–Trinajstić information content (AvgIpc) is 3.36. The van der Waals surface area contributed by atoms with Crippen LogP contribution in [0.4, 0.5) is 11.5 Å². The Hall–Kier alpha value is -2.77. The lowest BCUT2D eigenvalue weighted by atomic mass is 9.87. The molecule has 0 bridgehead atoms. The largest absolute Gasteiger partial charge is 0.370 e. The average molecular weight is 459 g/mol. The van der Waals surface area contributed by atoms with E-state index in [1.807, 2.05) is 36.4 Å². The SMILES string of the molecule is N#Cc1c(NCc2ccc(Cl)cc2)nc2ccccc2c1N1CCCC(CC2CCCC2)C1. The van der Waals surface area contributed by atoms with Crippen molar-refractivity contribution in [3.05, 3.63) is 64.7 Å². The fourth-order valence-electron chi connectivity index (χ4n) is 5.72. The maximum atomic E-state index is 10.2. The minimum absolute atomic E-state index is 0.598. The number of hydrogen-bond donors (Lipinski definition) is 1. The van der Waals surface area contributed by atoms with Crippen LogP contribution in [0.1, 0.15) is 56.1 Å². The van der Waals surface area contributed by atoms with E-state index in [9.17, 15) is 5.26 Å². The van der Waals surface area contributed by atoms with Crippen LogP contribution in [-0.2, 0) is 6.54 Å². The number of hydrogen-bond acceptors (Lipinski definition) is 4. The molecule has 4 nitrogen and oxygen atoms in total. The fraction of sp³-hybridized carbons (Fsp3) is 0.429. The first-order valence-electron chi connectivity index (χ1n) is 12.3. The van der Waals surface area contributed by atoms with Gasteiger partial charge in [0, 0.05) is 30.0 Å². The molecule has 3 aromatic rings. The molecule has 2 heterocycles.